The fraction of sp³-hybridized carbons (Fsp3) is 0.261. The summed E-state index contributed by atoms with van der Waals surface area (Å²) in [5.41, 5.74) is 8.71. The molecule has 6 heteroatoms. The molecule has 6 nitrogen and oxygen atoms in total. The lowest BCUT2D eigenvalue weighted by atomic mass is 9.88. The van der Waals surface area contributed by atoms with Crippen LogP contribution in [-0.4, -0.2) is 30.6 Å². The Hall–Kier alpha value is -3.41. The lowest BCUT2D eigenvalue weighted by Crippen LogP contribution is -2.06. The Bertz CT molecular complexity index is 1140. The Morgan fingerprint density at radius 3 is 2.55 bits per heavy atom. The van der Waals surface area contributed by atoms with Gasteiger partial charge in [-0.2, -0.15) is 5.21 Å². The van der Waals surface area contributed by atoms with Crippen LogP contribution < -0.4 is 0 Å². The third-order valence-corrected chi connectivity index (χ3v) is 5.53. The number of nitrogens with one attached hydrogen (secondary N) is 1. The van der Waals surface area contributed by atoms with Crippen LogP contribution >= 0.6 is 0 Å². The zero-order valence-electron chi connectivity index (χ0n) is 16.4. The van der Waals surface area contributed by atoms with Crippen LogP contribution in [0.15, 0.2) is 48.7 Å². The molecule has 1 aromatic carbocycles. The fourth-order valence-electron chi connectivity index (χ4n) is 4.23. The van der Waals surface area contributed by atoms with E-state index in [1.807, 2.05) is 31.3 Å². The Balaban J connectivity index is 1.90. The molecule has 0 saturated carbocycles. The average molecular weight is 382 g/mol. The second-order valence-corrected chi connectivity index (χ2v) is 7.48. The van der Waals surface area contributed by atoms with Crippen molar-refractivity contribution in [3.63, 3.8) is 0 Å². The van der Waals surface area contributed by atoms with Gasteiger partial charge in [-0.05, 0) is 61.1 Å². The summed E-state index contributed by atoms with van der Waals surface area (Å²) in [5, 5.41) is 15.2. The van der Waals surface area contributed by atoms with Gasteiger partial charge in [-0.25, -0.2) is 0 Å². The van der Waals surface area contributed by atoms with Gasteiger partial charge in [0.05, 0.1) is 11.3 Å². The summed E-state index contributed by atoms with van der Waals surface area (Å²) in [4.78, 5) is 9.57. The van der Waals surface area contributed by atoms with Crippen LogP contribution in [-0.2, 0) is 12.8 Å². The van der Waals surface area contributed by atoms with Gasteiger partial charge in [0.15, 0.2) is 0 Å². The second kappa shape index (κ2) is 7.54. The molecule has 0 amide bonds. The van der Waals surface area contributed by atoms with Gasteiger partial charge in [-0.1, -0.05) is 36.8 Å². The van der Waals surface area contributed by atoms with Gasteiger partial charge in [0.2, 0.25) is 5.82 Å². The summed E-state index contributed by atoms with van der Waals surface area (Å²) in [6.07, 6.45) is 7.45. The number of rotatable bonds is 3. The van der Waals surface area contributed by atoms with E-state index >= 15 is 0 Å². The Morgan fingerprint density at radius 1 is 0.897 bits per heavy atom. The van der Waals surface area contributed by atoms with Crippen LogP contribution in [0.2, 0.25) is 0 Å². The molecule has 0 bridgehead atoms. The molecule has 0 fully saturated rings. The van der Waals surface area contributed by atoms with E-state index in [-0.39, 0.29) is 0 Å². The zero-order valence-corrected chi connectivity index (χ0v) is 16.4. The Morgan fingerprint density at radius 2 is 1.76 bits per heavy atom. The van der Waals surface area contributed by atoms with Crippen molar-refractivity contribution in [1.29, 1.82) is 0 Å². The number of pyridine rings is 2. The molecule has 0 aliphatic heterocycles. The molecule has 0 radical (unpaired) electrons. The number of aryl methyl sites for hydroxylation is 2. The molecule has 5 rings (SSSR count). The molecule has 3 heterocycles. The van der Waals surface area contributed by atoms with E-state index in [2.05, 4.69) is 49.9 Å². The first-order valence-electron chi connectivity index (χ1n) is 10.1. The smallest absolute Gasteiger partial charge is 0.207 e. The van der Waals surface area contributed by atoms with Gasteiger partial charge in [-0.3, -0.25) is 9.97 Å². The van der Waals surface area contributed by atoms with Crippen LogP contribution in [0.4, 0.5) is 0 Å². The first-order valence-corrected chi connectivity index (χ1v) is 10.1. The van der Waals surface area contributed by atoms with Crippen molar-refractivity contribution in [2.24, 2.45) is 0 Å². The number of benzene rings is 1. The monoisotopic (exact) mass is 382 g/mol. The van der Waals surface area contributed by atoms with Crippen molar-refractivity contribution < 1.29 is 0 Å². The van der Waals surface area contributed by atoms with Crippen LogP contribution in [0.3, 0.4) is 0 Å². The molecule has 1 N–H and O–H groups in total. The standard InChI is InChI=1S/C23H22N6/c1-15-14-17(12-13-24-15)20-18-10-6-3-7-11-19(18)25-22(16-8-4-2-5-9-16)21(20)23-26-28-29-27-23/h2,4-5,8-9,12-14H,3,6-7,10-11H2,1H3,(H,26,27,28,29). The number of hydrogen-bond acceptors (Lipinski definition) is 5. The summed E-state index contributed by atoms with van der Waals surface area (Å²) < 4.78 is 0. The SMILES string of the molecule is Cc1cc(-c2c3c(nc(-c4ccccc4)c2-c2nn[nH]n2)CCCCC3)ccn1. The molecule has 144 valence electrons. The van der Waals surface area contributed by atoms with Crippen LogP contribution in [0.25, 0.3) is 33.8 Å². The summed E-state index contributed by atoms with van der Waals surface area (Å²) >= 11 is 0. The predicted octanol–water partition coefficient (Wildman–Crippen LogP) is 4.57. The molecule has 4 aromatic rings. The Labute approximate surface area is 169 Å². The van der Waals surface area contributed by atoms with Gasteiger partial charge >= 0.3 is 0 Å². The third kappa shape index (κ3) is 3.31. The van der Waals surface area contributed by atoms with E-state index in [0.717, 1.165) is 40.9 Å². The molecular formula is C23H22N6. The van der Waals surface area contributed by atoms with Gasteiger partial charge in [0.25, 0.3) is 0 Å². The second-order valence-electron chi connectivity index (χ2n) is 7.48. The Kier molecular flexibility index (Phi) is 4.60. The lowest BCUT2D eigenvalue weighted by Gasteiger charge is -2.20. The van der Waals surface area contributed by atoms with E-state index in [0.29, 0.717) is 5.82 Å². The van der Waals surface area contributed by atoms with Crippen molar-refractivity contribution in [2.75, 3.05) is 0 Å². The number of aromatic nitrogens is 6. The molecular weight excluding hydrogens is 360 g/mol. The molecule has 0 saturated heterocycles. The van der Waals surface area contributed by atoms with Crippen molar-refractivity contribution in [3.05, 3.63) is 65.6 Å². The van der Waals surface area contributed by atoms with Crippen LogP contribution in [0, 0.1) is 6.92 Å². The first kappa shape index (κ1) is 17.7. The minimum absolute atomic E-state index is 0.577. The number of aromatic amines is 1. The number of H-pyrrole nitrogens is 1. The van der Waals surface area contributed by atoms with Crippen molar-refractivity contribution >= 4 is 0 Å². The van der Waals surface area contributed by atoms with E-state index in [9.17, 15) is 0 Å². The number of hydrogen-bond donors (Lipinski definition) is 1. The van der Waals surface area contributed by atoms with Gasteiger partial charge in [0.1, 0.15) is 0 Å². The molecule has 0 unspecified atom stereocenters. The minimum Gasteiger partial charge on any atom is -0.262 e. The highest BCUT2D eigenvalue weighted by Gasteiger charge is 2.26. The molecule has 3 aromatic heterocycles. The molecule has 1 aliphatic rings. The highest BCUT2D eigenvalue weighted by atomic mass is 15.5. The number of nitrogens with zero attached hydrogens (tertiary/aromatic N) is 5. The topological polar surface area (TPSA) is 80.2 Å². The maximum absolute atomic E-state index is 5.17. The maximum atomic E-state index is 5.17. The normalized spacial score (nSPS) is 13.7. The fourth-order valence-corrected chi connectivity index (χ4v) is 4.23. The van der Waals surface area contributed by atoms with E-state index in [1.165, 1.54) is 36.1 Å². The van der Waals surface area contributed by atoms with Gasteiger partial charge < -0.3 is 0 Å². The van der Waals surface area contributed by atoms with E-state index in [1.54, 1.807) is 0 Å². The minimum atomic E-state index is 0.577. The molecule has 1 aliphatic carbocycles. The highest BCUT2D eigenvalue weighted by Crippen LogP contribution is 2.42. The average Bonchev–Trinajstić information content (AvgIpc) is 3.18. The van der Waals surface area contributed by atoms with Crippen LogP contribution in [0.5, 0.6) is 0 Å². The summed E-state index contributed by atoms with van der Waals surface area (Å²) in [6, 6.07) is 14.5. The van der Waals surface area contributed by atoms with E-state index in [4.69, 9.17) is 4.98 Å². The largest absolute Gasteiger partial charge is 0.262 e. The van der Waals surface area contributed by atoms with Gasteiger partial charge in [-0.15, -0.1) is 10.2 Å². The number of fused-ring (bicyclic) bond motifs is 1. The summed E-state index contributed by atoms with van der Waals surface area (Å²) in [5.74, 6) is 0.577. The lowest BCUT2D eigenvalue weighted by molar-refractivity contribution is 0.709. The van der Waals surface area contributed by atoms with Crippen molar-refractivity contribution in [1.82, 2.24) is 30.6 Å². The first-order chi connectivity index (χ1) is 14.3. The molecule has 0 spiro atoms. The predicted molar refractivity (Wildman–Crippen MR) is 112 cm³/mol. The third-order valence-electron chi connectivity index (χ3n) is 5.53. The highest BCUT2D eigenvalue weighted by molar-refractivity contribution is 5.92. The zero-order chi connectivity index (χ0) is 19.6. The van der Waals surface area contributed by atoms with E-state index < -0.39 is 0 Å². The molecule has 29 heavy (non-hydrogen) atoms. The van der Waals surface area contributed by atoms with Crippen molar-refractivity contribution in [2.45, 2.75) is 39.0 Å². The maximum Gasteiger partial charge on any atom is 0.207 e. The van der Waals surface area contributed by atoms with Crippen LogP contribution in [0.1, 0.15) is 36.2 Å². The van der Waals surface area contributed by atoms with Crippen molar-refractivity contribution in [3.8, 4) is 33.8 Å². The van der Waals surface area contributed by atoms with Gasteiger partial charge in [0, 0.05) is 28.7 Å². The summed E-state index contributed by atoms with van der Waals surface area (Å²) in [7, 11) is 0. The molecule has 0 atom stereocenters. The quantitative estimate of drug-likeness (QED) is 0.525. The number of tetrazole rings is 1. The summed E-state index contributed by atoms with van der Waals surface area (Å²) in [6.45, 7) is 2.02.